The molecule has 4 rings (SSSR count). The normalized spacial score (nSPS) is 18.0. The number of hydrogen-bond donors (Lipinski definition) is 1. The number of nitrogens with one attached hydrogen (secondary N) is 1. The smallest absolute Gasteiger partial charge is 0.338 e. The first-order chi connectivity index (χ1) is 16.3. The van der Waals surface area contributed by atoms with Crippen LogP contribution in [0.25, 0.3) is 0 Å². The number of nitrogens with zero attached hydrogens (tertiary/aromatic N) is 1. The largest absolute Gasteiger partial charge is 0.449 e. The summed E-state index contributed by atoms with van der Waals surface area (Å²) in [5, 5.41) is 2.88. The molecule has 1 amide bonds. The Morgan fingerprint density at radius 3 is 2.56 bits per heavy atom. The zero-order valence-electron chi connectivity index (χ0n) is 19.5. The van der Waals surface area contributed by atoms with Crippen LogP contribution in [0.1, 0.15) is 60.5 Å². The second-order valence-corrected chi connectivity index (χ2v) is 11.1. The van der Waals surface area contributed by atoms with Crippen LogP contribution in [0.4, 0.5) is 0 Å². The van der Waals surface area contributed by atoms with E-state index in [1.54, 1.807) is 0 Å². The van der Waals surface area contributed by atoms with Gasteiger partial charge in [0.2, 0.25) is 10.0 Å². The van der Waals surface area contributed by atoms with Gasteiger partial charge in [-0.15, -0.1) is 0 Å². The van der Waals surface area contributed by atoms with Gasteiger partial charge in [-0.1, -0.05) is 49.6 Å². The van der Waals surface area contributed by atoms with E-state index in [1.165, 1.54) is 54.8 Å². The first-order valence-electron chi connectivity index (χ1n) is 12.0. The van der Waals surface area contributed by atoms with Crippen molar-refractivity contribution in [1.82, 2.24) is 9.62 Å². The van der Waals surface area contributed by atoms with Crippen LogP contribution in [-0.4, -0.2) is 43.8 Å². The molecule has 2 aromatic rings. The number of rotatable bonds is 7. The van der Waals surface area contributed by atoms with Crippen molar-refractivity contribution in [2.75, 3.05) is 13.1 Å². The number of sulfonamides is 1. The van der Waals surface area contributed by atoms with Crippen molar-refractivity contribution in [3.63, 3.8) is 0 Å². The highest BCUT2D eigenvalue weighted by atomic mass is 32.2. The fraction of sp³-hybridized carbons (Fsp3) is 0.462. The van der Waals surface area contributed by atoms with Crippen LogP contribution in [0.5, 0.6) is 0 Å². The number of benzene rings is 2. The lowest BCUT2D eigenvalue weighted by atomic mass is 9.89. The van der Waals surface area contributed by atoms with Crippen LogP contribution in [0.2, 0.25) is 0 Å². The van der Waals surface area contributed by atoms with Crippen molar-refractivity contribution in [1.29, 1.82) is 0 Å². The molecule has 1 saturated carbocycles. The van der Waals surface area contributed by atoms with Gasteiger partial charge in [0.25, 0.3) is 5.91 Å². The molecule has 0 aromatic heterocycles. The SMILES string of the molecule is C[C@@H](OC(=O)c1cccc(S(=O)(=O)N2CCc3ccccc3C2)c1)C(=O)NCC1CCCCC1. The molecule has 7 nitrogen and oxygen atoms in total. The van der Waals surface area contributed by atoms with Gasteiger partial charge in [0.1, 0.15) is 0 Å². The van der Waals surface area contributed by atoms with E-state index in [2.05, 4.69) is 5.32 Å². The van der Waals surface area contributed by atoms with Crippen LogP contribution >= 0.6 is 0 Å². The van der Waals surface area contributed by atoms with E-state index in [4.69, 9.17) is 4.74 Å². The Labute approximate surface area is 201 Å². The van der Waals surface area contributed by atoms with Crippen LogP contribution in [0.15, 0.2) is 53.4 Å². The third-order valence-electron chi connectivity index (χ3n) is 6.75. The minimum Gasteiger partial charge on any atom is -0.449 e. The zero-order chi connectivity index (χ0) is 24.1. The van der Waals surface area contributed by atoms with Gasteiger partial charge in [-0.2, -0.15) is 4.31 Å². The highest BCUT2D eigenvalue weighted by Gasteiger charge is 2.29. The molecule has 1 fully saturated rings. The number of ether oxygens (including phenoxy) is 1. The third kappa shape index (κ3) is 5.67. The van der Waals surface area contributed by atoms with Gasteiger partial charge in [0.15, 0.2) is 6.10 Å². The number of amides is 1. The third-order valence-corrected chi connectivity index (χ3v) is 8.59. The van der Waals surface area contributed by atoms with E-state index in [9.17, 15) is 18.0 Å². The summed E-state index contributed by atoms with van der Waals surface area (Å²) in [6.45, 7) is 2.80. The maximum absolute atomic E-state index is 13.2. The average Bonchev–Trinajstić information content (AvgIpc) is 2.87. The Kier molecular flexibility index (Phi) is 7.68. The molecule has 1 N–H and O–H groups in total. The molecule has 0 spiro atoms. The number of carbonyl (C=O) groups excluding carboxylic acids is 2. The molecule has 0 bridgehead atoms. The number of hydrogen-bond acceptors (Lipinski definition) is 5. The first-order valence-corrected chi connectivity index (χ1v) is 13.4. The molecule has 1 aliphatic carbocycles. The summed E-state index contributed by atoms with van der Waals surface area (Å²) in [7, 11) is -3.78. The van der Waals surface area contributed by atoms with Crippen molar-refractivity contribution < 1.29 is 22.7 Å². The Bertz CT molecular complexity index is 1140. The van der Waals surface area contributed by atoms with Crippen LogP contribution < -0.4 is 5.32 Å². The Hall–Kier alpha value is -2.71. The Morgan fingerprint density at radius 2 is 1.79 bits per heavy atom. The average molecular weight is 485 g/mol. The highest BCUT2D eigenvalue weighted by Crippen LogP contribution is 2.26. The molecule has 182 valence electrons. The van der Waals surface area contributed by atoms with Crippen LogP contribution in [0.3, 0.4) is 0 Å². The second kappa shape index (κ2) is 10.7. The van der Waals surface area contributed by atoms with Crippen molar-refractivity contribution in [3.8, 4) is 0 Å². The summed E-state index contributed by atoms with van der Waals surface area (Å²) in [5.74, 6) is -0.583. The molecule has 1 aliphatic heterocycles. The van der Waals surface area contributed by atoms with Gasteiger partial charge < -0.3 is 10.1 Å². The monoisotopic (exact) mass is 484 g/mol. The van der Waals surface area contributed by atoms with E-state index < -0.39 is 22.1 Å². The maximum Gasteiger partial charge on any atom is 0.338 e. The van der Waals surface area contributed by atoms with Gasteiger partial charge in [-0.3, -0.25) is 4.79 Å². The molecule has 0 saturated heterocycles. The molecule has 1 heterocycles. The maximum atomic E-state index is 13.2. The van der Waals surface area contributed by atoms with Crippen LogP contribution in [-0.2, 0) is 32.5 Å². The highest BCUT2D eigenvalue weighted by molar-refractivity contribution is 7.89. The van der Waals surface area contributed by atoms with E-state index in [1.807, 2.05) is 24.3 Å². The van der Waals surface area contributed by atoms with Crippen molar-refractivity contribution >= 4 is 21.9 Å². The summed E-state index contributed by atoms with van der Waals surface area (Å²) in [5.41, 5.74) is 2.24. The van der Waals surface area contributed by atoms with Crippen molar-refractivity contribution in [2.24, 2.45) is 5.92 Å². The lowest BCUT2D eigenvalue weighted by Gasteiger charge is -2.28. The topological polar surface area (TPSA) is 92.8 Å². The van der Waals surface area contributed by atoms with Crippen molar-refractivity contribution in [3.05, 3.63) is 65.2 Å². The molecule has 1 atom stereocenters. The lowest BCUT2D eigenvalue weighted by Crippen LogP contribution is -2.38. The molecule has 34 heavy (non-hydrogen) atoms. The summed E-state index contributed by atoms with van der Waals surface area (Å²) >= 11 is 0. The Balaban J connectivity index is 1.38. The molecular weight excluding hydrogens is 452 g/mol. The second-order valence-electron chi connectivity index (χ2n) is 9.18. The predicted octanol–water partition coefficient (Wildman–Crippen LogP) is 3.68. The van der Waals surface area contributed by atoms with E-state index in [-0.39, 0.29) is 16.4 Å². The van der Waals surface area contributed by atoms with E-state index in [0.29, 0.717) is 32.0 Å². The van der Waals surface area contributed by atoms with Crippen LogP contribution in [0, 0.1) is 5.92 Å². The van der Waals surface area contributed by atoms with Gasteiger partial charge in [0.05, 0.1) is 10.5 Å². The zero-order valence-corrected chi connectivity index (χ0v) is 20.4. The molecular formula is C26H32N2O5S. The van der Waals surface area contributed by atoms with Crippen molar-refractivity contribution in [2.45, 2.75) is 63.0 Å². The number of fused-ring (bicyclic) bond motifs is 1. The van der Waals surface area contributed by atoms with E-state index in [0.717, 1.165) is 24.0 Å². The molecule has 0 radical (unpaired) electrons. The lowest BCUT2D eigenvalue weighted by molar-refractivity contribution is -0.129. The standard InChI is InChI=1S/C26H32N2O5S/c1-19(25(29)27-17-20-8-3-2-4-9-20)33-26(30)22-12-7-13-24(16-22)34(31,32)28-15-14-21-10-5-6-11-23(21)18-28/h5-7,10-13,16,19-20H,2-4,8-9,14-15,17-18H2,1H3,(H,27,29)/t19-/m1/s1. The molecule has 2 aromatic carbocycles. The van der Waals surface area contributed by atoms with Gasteiger partial charge in [-0.05, 0) is 61.4 Å². The summed E-state index contributed by atoms with van der Waals surface area (Å²) < 4.78 is 33.3. The molecule has 2 aliphatic rings. The van der Waals surface area contributed by atoms with Gasteiger partial charge >= 0.3 is 5.97 Å². The summed E-state index contributed by atoms with van der Waals surface area (Å²) in [4.78, 5) is 25.1. The minimum atomic E-state index is -3.78. The molecule has 8 heteroatoms. The Morgan fingerprint density at radius 1 is 1.06 bits per heavy atom. The molecule has 0 unspecified atom stereocenters. The number of carbonyl (C=O) groups is 2. The first kappa shape index (κ1) is 24.4. The fourth-order valence-electron chi connectivity index (χ4n) is 4.67. The minimum absolute atomic E-state index is 0.0377. The van der Waals surface area contributed by atoms with Gasteiger partial charge in [0, 0.05) is 19.6 Å². The van der Waals surface area contributed by atoms with E-state index >= 15 is 0 Å². The summed E-state index contributed by atoms with van der Waals surface area (Å²) in [6.07, 6.45) is 5.53. The predicted molar refractivity (Wildman–Crippen MR) is 129 cm³/mol. The van der Waals surface area contributed by atoms with Gasteiger partial charge in [-0.25, -0.2) is 13.2 Å². The fourth-order valence-corrected chi connectivity index (χ4v) is 6.13. The quantitative estimate of drug-likeness (QED) is 0.606. The summed E-state index contributed by atoms with van der Waals surface area (Å²) in [6, 6.07) is 13.6. The number of esters is 1.